The van der Waals surface area contributed by atoms with E-state index in [2.05, 4.69) is 83.6 Å². The summed E-state index contributed by atoms with van der Waals surface area (Å²) in [5, 5.41) is 4.95. The van der Waals surface area contributed by atoms with Gasteiger partial charge in [-0.3, -0.25) is 4.90 Å². The average Bonchev–Trinajstić information content (AvgIpc) is 3.15. The van der Waals surface area contributed by atoms with Gasteiger partial charge in [0.2, 0.25) is 0 Å². The quantitative estimate of drug-likeness (QED) is 0.646. The Balaban J connectivity index is 1.32. The molecule has 2 heterocycles. The van der Waals surface area contributed by atoms with Crippen molar-refractivity contribution in [1.82, 2.24) is 15.2 Å². The monoisotopic (exact) mass is 377 g/mol. The summed E-state index contributed by atoms with van der Waals surface area (Å²) in [4.78, 5) is 6.04. The van der Waals surface area contributed by atoms with Crippen molar-refractivity contribution in [2.24, 2.45) is 0 Å². The molecule has 0 spiro atoms. The van der Waals surface area contributed by atoms with E-state index in [4.69, 9.17) is 4.74 Å². The Bertz CT molecular complexity index is 887. The zero-order valence-electron chi connectivity index (χ0n) is 16.9. The molecule has 0 aliphatic carbocycles. The molecular weight excluding hydrogens is 346 g/mol. The summed E-state index contributed by atoms with van der Waals surface area (Å²) in [5.74, 6) is 0.513. The van der Waals surface area contributed by atoms with Crippen LogP contribution >= 0.6 is 0 Å². The third-order valence-electron chi connectivity index (χ3n) is 5.56. The van der Waals surface area contributed by atoms with Crippen molar-refractivity contribution < 1.29 is 4.74 Å². The van der Waals surface area contributed by atoms with Crippen LogP contribution in [0, 0.1) is 0 Å². The van der Waals surface area contributed by atoms with E-state index in [0.29, 0.717) is 5.92 Å². The van der Waals surface area contributed by atoms with E-state index in [1.54, 1.807) is 0 Å². The number of aromatic amines is 1. The smallest absolute Gasteiger partial charge is 0.0826 e. The summed E-state index contributed by atoms with van der Waals surface area (Å²) in [5.41, 5.74) is 5.24. The van der Waals surface area contributed by atoms with Crippen molar-refractivity contribution in [2.75, 3.05) is 26.2 Å². The molecule has 2 N–H and O–H groups in total. The first kappa shape index (κ1) is 19.2. The van der Waals surface area contributed by atoms with Crippen LogP contribution in [0.3, 0.4) is 0 Å². The molecule has 4 nitrogen and oxygen atoms in total. The number of fused-ring (bicyclic) bond motifs is 1. The van der Waals surface area contributed by atoms with Gasteiger partial charge in [-0.25, -0.2) is 0 Å². The lowest BCUT2D eigenvalue weighted by atomic mass is 10.1. The molecule has 0 amide bonds. The Morgan fingerprint density at radius 3 is 2.82 bits per heavy atom. The number of nitrogens with zero attached hydrogens (tertiary/aromatic N) is 1. The van der Waals surface area contributed by atoms with E-state index in [9.17, 15) is 0 Å². The van der Waals surface area contributed by atoms with Gasteiger partial charge in [-0.05, 0) is 29.2 Å². The molecule has 4 rings (SSSR count). The summed E-state index contributed by atoms with van der Waals surface area (Å²) in [6.45, 7) is 9.99. The molecule has 28 heavy (non-hydrogen) atoms. The summed E-state index contributed by atoms with van der Waals surface area (Å²) < 4.78 is 6.00. The summed E-state index contributed by atoms with van der Waals surface area (Å²) >= 11 is 0. The van der Waals surface area contributed by atoms with Crippen LogP contribution in [-0.2, 0) is 17.8 Å². The normalized spacial score (nSPS) is 18.2. The van der Waals surface area contributed by atoms with E-state index in [0.717, 1.165) is 39.3 Å². The highest BCUT2D eigenvalue weighted by Gasteiger charge is 2.20. The Hall–Kier alpha value is -2.14. The molecule has 0 saturated carbocycles. The summed E-state index contributed by atoms with van der Waals surface area (Å²) in [6.07, 6.45) is 0.245. The number of aromatic nitrogens is 1. The Kier molecular flexibility index (Phi) is 6.10. The van der Waals surface area contributed by atoms with Gasteiger partial charge in [-0.1, -0.05) is 56.3 Å². The zero-order valence-corrected chi connectivity index (χ0v) is 16.9. The van der Waals surface area contributed by atoms with Crippen LogP contribution in [0.2, 0.25) is 0 Å². The topological polar surface area (TPSA) is 40.3 Å². The first-order valence-corrected chi connectivity index (χ1v) is 10.4. The van der Waals surface area contributed by atoms with Gasteiger partial charge >= 0.3 is 0 Å². The van der Waals surface area contributed by atoms with Crippen LogP contribution in [0.25, 0.3) is 10.9 Å². The Morgan fingerprint density at radius 2 is 2.00 bits per heavy atom. The Morgan fingerprint density at radius 1 is 1.14 bits per heavy atom. The number of H-pyrrole nitrogens is 1. The van der Waals surface area contributed by atoms with Crippen LogP contribution < -0.4 is 5.32 Å². The van der Waals surface area contributed by atoms with Gasteiger partial charge in [0, 0.05) is 49.3 Å². The Labute approximate surface area is 167 Å². The summed E-state index contributed by atoms with van der Waals surface area (Å²) in [7, 11) is 0. The number of ether oxygens (including phenoxy) is 1. The fourth-order valence-electron chi connectivity index (χ4n) is 3.96. The van der Waals surface area contributed by atoms with Gasteiger partial charge in [0.25, 0.3) is 0 Å². The van der Waals surface area contributed by atoms with Crippen molar-refractivity contribution in [3.05, 3.63) is 71.4 Å². The lowest BCUT2D eigenvalue weighted by molar-refractivity contribution is -0.0300. The minimum absolute atomic E-state index is 0.245. The van der Waals surface area contributed by atoms with Gasteiger partial charge in [-0.2, -0.15) is 0 Å². The van der Waals surface area contributed by atoms with E-state index < -0.39 is 0 Å². The van der Waals surface area contributed by atoms with Crippen LogP contribution in [0.15, 0.2) is 54.6 Å². The lowest BCUT2D eigenvalue weighted by Crippen LogP contribution is -2.46. The van der Waals surface area contributed by atoms with E-state index in [1.807, 2.05) is 0 Å². The maximum Gasteiger partial charge on any atom is 0.0826 e. The molecule has 3 aromatic rings. The molecule has 2 aromatic carbocycles. The fraction of sp³-hybridized carbons (Fsp3) is 0.417. The molecule has 1 unspecified atom stereocenters. The molecule has 148 valence electrons. The fourth-order valence-corrected chi connectivity index (χ4v) is 3.96. The minimum atomic E-state index is 0.245. The third kappa shape index (κ3) is 4.64. The highest BCUT2D eigenvalue weighted by molar-refractivity contribution is 5.84. The molecule has 0 radical (unpaired) electrons. The maximum atomic E-state index is 6.00. The van der Waals surface area contributed by atoms with E-state index in [1.165, 1.54) is 27.7 Å². The number of benzene rings is 2. The third-order valence-corrected chi connectivity index (χ3v) is 5.56. The van der Waals surface area contributed by atoms with Crippen molar-refractivity contribution in [1.29, 1.82) is 0 Å². The van der Waals surface area contributed by atoms with Crippen molar-refractivity contribution >= 4 is 10.9 Å². The molecule has 1 aromatic heterocycles. The first-order chi connectivity index (χ1) is 13.7. The number of morpholine rings is 1. The number of nitrogens with one attached hydrogen (secondary N) is 2. The second-order valence-corrected chi connectivity index (χ2v) is 8.10. The van der Waals surface area contributed by atoms with Crippen LogP contribution in [-0.4, -0.2) is 42.2 Å². The van der Waals surface area contributed by atoms with Gasteiger partial charge in [0.1, 0.15) is 0 Å². The van der Waals surface area contributed by atoms with Crippen molar-refractivity contribution in [2.45, 2.75) is 39.0 Å². The molecule has 1 fully saturated rings. The molecule has 0 bridgehead atoms. The number of rotatable bonds is 7. The highest BCUT2D eigenvalue weighted by Crippen LogP contribution is 2.24. The SMILES string of the molecule is CC(C)c1cc2c(CNCC3CN(Cc4ccccc4)CCO3)cccc2[nH]1. The first-order valence-electron chi connectivity index (χ1n) is 10.4. The standard InChI is InChI=1S/C24H31N3O/c1-18(2)24-13-22-20(9-6-10-23(22)26-24)14-25-15-21-17-27(11-12-28-21)16-19-7-4-3-5-8-19/h3-10,13,18,21,25-26H,11-12,14-17H2,1-2H3. The maximum absolute atomic E-state index is 6.00. The summed E-state index contributed by atoms with van der Waals surface area (Å²) in [6, 6.07) is 19.5. The molecule has 1 aliphatic rings. The predicted molar refractivity (Wildman–Crippen MR) is 116 cm³/mol. The van der Waals surface area contributed by atoms with Crippen molar-refractivity contribution in [3.63, 3.8) is 0 Å². The van der Waals surface area contributed by atoms with Crippen LogP contribution in [0.4, 0.5) is 0 Å². The minimum Gasteiger partial charge on any atom is -0.374 e. The van der Waals surface area contributed by atoms with Gasteiger partial charge in [0.15, 0.2) is 0 Å². The lowest BCUT2D eigenvalue weighted by Gasteiger charge is -2.33. The molecular formula is C24H31N3O. The van der Waals surface area contributed by atoms with Crippen LogP contribution in [0.1, 0.15) is 36.6 Å². The highest BCUT2D eigenvalue weighted by atomic mass is 16.5. The number of hydrogen-bond donors (Lipinski definition) is 2. The number of hydrogen-bond acceptors (Lipinski definition) is 3. The molecule has 1 aliphatic heterocycles. The average molecular weight is 378 g/mol. The van der Waals surface area contributed by atoms with E-state index in [-0.39, 0.29) is 6.10 Å². The van der Waals surface area contributed by atoms with E-state index >= 15 is 0 Å². The zero-order chi connectivity index (χ0) is 19.3. The predicted octanol–water partition coefficient (Wildman–Crippen LogP) is 4.28. The van der Waals surface area contributed by atoms with Crippen molar-refractivity contribution in [3.8, 4) is 0 Å². The molecule has 4 heteroatoms. The molecule has 1 saturated heterocycles. The largest absolute Gasteiger partial charge is 0.374 e. The van der Waals surface area contributed by atoms with Gasteiger partial charge < -0.3 is 15.0 Å². The molecule has 1 atom stereocenters. The second-order valence-electron chi connectivity index (χ2n) is 8.10. The van der Waals surface area contributed by atoms with Gasteiger partial charge in [-0.15, -0.1) is 0 Å². The second kappa shape index (κ2) is 8.91. The van der Waals surface area contributed by atoms with Gasteiger partial charge in [0.05, 0.1) is 12.7 Å². The van der Waals surface area contributed by atoms with Crippen LogP contribution in [0.5, 0.6) is 0 Å².